The van der Waals surface area contributed by atoms with Crippen molar-refractivity contribution in [2.45, 2.75) is 39.6 Å². The van der Waals surface area contributed by atoms with Crippen molar-refractivity contribution in [2.24, 2.45) is 0 Å². The van der Waals surface area contributed by atoms with Gasteiger partial charge in [0.25, 0.3) is 0 Å². The van der Waals surface area contributed by atoms with E-state index >= 15 is 0 Å². The van der Waals surface area contributed by atoms with E-state index in [1.165, 1.54) is 28.5 Å². The largest absolute Gasteiger partial charge is 0.506 e. The Morgan fingerprint density at radius 2 is 1.42 bits per heavy atom. The minimum Gasteiger partial charge on any atom is -0.506 e. The summed E-state index contributed by atoms with van der Waals surface area (Å²) in [6.07, 6.45) is 1.45. The Labute approximate surface area is 278 Å². The first-order chi connectivity index (χ1) is 19.4. The van der Waals surface area contributed by atoms with Crippen LogP contribution in [0.3, 0.4) is 0 Å². The molecule has 0 spiro atoms. The molecular formula is C33H41Cl4N3O3. The van der Waals surface area contributed by atoms with Gasteiger partial charge in [-0.15, -0.1) is 37.2 Å². The van der Waals surface area contributed by atoms with Crippen LogP contribution < -0.4 is 0 Å². The number of aliphatic hydroxyl groups excluding tert-OH is 2. The summed E-state index contributed by atoms with van der Waals surface area (Å²) < 4.78 is 0. The molecule has 1 aliphatic rings. The van der Waals surface area contributed by atoms with Crippen LogP contribution in [0.1, 0.15) is 45.1 Å². The number of hydrogen-bond donors (Lipinski definition) is 3. The molecule has 2 heterocycles. The molecule has 1 saturated heterocycles. The highest BCUT2D eigenvalue weighted by Crippen LogP contribution is 2.30. The molecule has 0 aliphatic carbocycles. The molecule has 1 atom stereocenters. The monoisotopic (exact) mass is 667 g/mol. The Kier molecular flexibility index (Phi) is 17.2. The highest BCUT2D eigenvalue weighted by atomic mass is 35.5. The molecule has 0 radical (unpaired) electrons. The van der Waals surface area contributed by atoms with Crippen LogP contribution in [0, 0.1) is 13.8 Å². The van der Waals surface area contributed by atoms with Gasteiger partial charge in [-0.1, -0.05) is 83.9 Å². The second-order valence-electron chi connectivity index (χ2n) is 10.2. The van der Waals surface area contributed by atoms with Crippen molar-refractivity contribution in [3.05, 3.63) is 129 Å². The summed E-state index contributed by atoms with van der Waals surface area (Å²) >= 11 is 6.14. The van der Waals surface area contributed by atoms with Gasteiger partial charge in [-0.05, 0) is 42.7 Å². The molecule has 234 valence electrons. The number of aryl methyl sites for hydroxylation is 2. The number of aromatic hydroxyl groups is 1. The minimum atomic E-state index is -0.287. The third-order valence-corrected chi connectivity index (χ3v) is 7.57. The molecule has 4 aromatic rings. The second kappa shape index (κ2) is 19.1. The molecule has 0 saturated carbocycles. The number of nitrogens with zero attached hydrogens (tertiary/aromatic N) is 3. The molecule has 0 bridgehead atoms. The topological polar surface area (TPSA) is 80.1 Å². The van der Waals surface area contributed by atoms with Crippen molar-refractivity contribution in [3.8, 4) is 5.75 Å². The van der Waals surface area contributed by atoms with Crippen LogP contribution >= 0.6 is 48.8 Å². The molecule has 6 nitrogen and oxygen atoms in total. The van der Waals surface area contributed by atoms with E-state index in [0.29, 0.717) is 16.8 Å². The van der Waals surface area contributed by atoms with Crippen LogP contribution in [-0.2, 0) is 19.8 Å². The van der Waals surface area contributed by atoms with Gasteiger partial charge in [0.15, 0.2) is 0 Å². The fraction of sp³-hybridized carbons (Fsp3) is 0.303. The SMILES string of the molecule is Cc1cccc(CN2CCN(C(c3ccccc3)c3ccc(Cl)cc3)CC2)c1.Cc1ncc(CO)c(CO)c1O.Cl.Cl.Cl. The van der Waals surface area contributed by atoms with Crippen LogP contribution in [0.4, 0.5) is 0 Å². The standard InChI is InChI=1S/C25H27ClN2.C8H11NO3.3ClH/c1-20-6-5-7-21(18-20)19-27-14-16-28(17-15-27)25(22-8-3-2-4-9-22)23-10-12-24(26)13-11-23;1-5-8(12)7(4-11)6(3-10)2-9-5;;;/h2-13,18,25H,14-17,19H2,1H3;2,10-12H,3-4H2,1H3;3*1H. The number of rotatable bonds is 7. The van der Waals surface area contributed by atoms with E-state index in [1.807, 2.05) is 12.1 Å². The van der Waals surface area contributed by atoms with E-state index in [0.717, 1.165) is 37.7 Å². The van der Waals surface area contributed by atoms with Crippen molar-refractivity contribution in [1.82, 2.24) is 14.8 Å². The first kappa shape index (κ1) is 38.6. The zero-order valence-electron chi connectivity index (χ0n) is 24.4. The smallest absolute Gasteiger partial charge is 0.142 e. The Morgan fingerprint density at radius 1 is 0.791 bits per heavy atom. The van der Waals surface area contributed by atoms with Gasteiger partial charge in [0.2, 0.25) is 0 Å². The normalized spacial score (nSPS) is 13.8. The predicted octanol–water partition coefficient (Wildman–Crippen LogP) is 6.90. The summed E-state index contributed by atoms with van der Waals surface area (Å²) in [4.78, 5) is 9.00. The van der Waals surface area contributed by atoms with Crippen LogP contribution in [0.25, 0.3) is 0 Å². The molecule has 1 aromatic heterocycles. The number of pyridine rings is 1. The van der Waals surface area contributed by atoms with E-state index in [-0.39, 0.29) is 62.2 Å². The summed E-state index contributed by atoms with van der Waals surface area (Å²) in [5, 5.41) is 27.8. The number of benzene rings is 3. The number of aliphatic hydroxyl groups is 2. The van der Waals surface area contributed by atoms with Gasteiger partial charge in [0, 0.05) is 55.1 Å². The lowest BCUT2D eigenvalue weighted by atomic mass is 9.96. The van der Waals surface area contributed by atoms with Gasteiger partial charge in [-0.3, -0.25) is 14.8 Å². The Balaban J connectivity index is 0.000000528. The lowest BCUT2D eigenvalue weighted by Gasteiger charge is -2.40. The van der Waals surface area contributed by atoms with Gasteiger partial charge in [-0.2, -0.15) is 0 Å². The molecule has 3 N–H and O–H groups in total. The molecule has 3 aromatic carbocycles. The van der Waals surface area contributed by atoms with E-state index in [4.69, 9.17) is 21.8 Å². The Morgan fingerprint density at radius 3 is 2.00 bits per heavy atom. The third-order valence-electron chi connectivity index (χ3n) is 7.32. The number of aromatic nitrogens is 1. The van der Waals surface area contributed by atoms with Crippen molar-refractivity contribution in [1.29, 1.82) is 0 Å². The molecule has 1 aliphatic heterocycles. The van der Waals surface area contributed by atoms with Crippen LogP contribution in [0.15, 0.2) is 85.1 Å². The Hall–Kier alpha value is -2.39. The maximum Gasteiger partial charge on any atom is 0.142 e. The first-order valence-corrected chi connectivity index (χ1v) is 14.0. The van der Waals surface area contributed by atoms with E-state index < -0.39 is 0 Å². The van der Waals surface area contributed by atoms with Gasteiger partial charge >= 0.3 is 0 Å². The lowest BCUT2D eigenvalue weighted by Crippen LogP contribution is -2.47. The fourth-order valence-corrected chi connectivity index (χ4v) is 5.27. The second-order valence-corrected chi connectivity index (χ2v) is 10.6. The Bertz CT molecular complexity index is 1370. The maximum atomic E-state index is 9.38. The summed E-state index contributed by atoms with van der Waals surface area (Å²) in [6, 6.07) is 28.3. The molecule has 10 heteroatoms. The average molecular weight is 670 g/mol. The van der Waals surface area contributed by atoms with Crippen molar-refractivity contribution >= 4 is 48.8 Å². The number of halogens is 4. The highest BCUT2D eigenvalue weighted by molar-refractivity contribution is 6.30. The van der Waals surface area contributed by atoms with Gasteiger partial charge < -0.3 is 15.3 Å². The van der Waals surface area contributed by atoms with Crippen molar-refractivity contribution < 1.29 is 15.3 Å². The zero-order valence-corrected chi connectivity index (χ0v) is 27.6. The number of hydrogen-bond acceptors (Lipinski definition) is 6. The first-order valence-electron chi connectivity index (χ1n) is 13.6. The zero-order chi connectivity index (χ0) is 28.5. The van der Waals surface area contributed by atoms with Crippen LogP contribution in [-0.4, -0.2) is 56.3 Å². The van der Waals surface area contributed by atoms with Gasteiger partial charge in [-0.25, -0.2) is 0 Å². The van der Waals surface area contributed by atoms with Gasteiger partial charge in [0.1, 0.15) is 5.75 Å². The van der Waals surface area contributed by atoms with Crippen LogP contribution in [0.5, 0.6) is 5.75 Å². The van der Waals surface area contributed by atoms with Gasteiger partial charge in [0.05, 0.1) is 24.9 Å². The molecule has 0 amide bonds. The molecule has 1 fully saturated rings. The fourth-order valence-electron chi connectivity index (χ4n) is 5.14. The quantitative estimate of drug-likeness (QED) is 0.199. The predicted molar refractivity (Wildman–Crippen MR) is 182 cm³/mol. The number of piperazine rings is 1. The van der Waals surface area contributed by atoms with Crippen molar-refractivity contribution in [3.63, 3.8) is 0 Å². The average Bonchev–Trinajstić information content (AvgIpc) is 2.97. The summed E-state index contributed by atoms with van der Waals surface area (Å²) in [7, 11) is 0. The van der Waals surface area contributed by atoms with Crippen LogP contribution in [0.2, 0.25) is 5.02 Å². The lowest BCUT2D eigenvalue weighted by molar-refractivity contribution is 0.105. The third kappa shape index (κ3) is 10.6. The molecule has 5 rings (SSSR count). The minimum absolute atomic E-state index is 0. The summed E-state index contributed by atoms with van der Waals surface area (Å²) in [6.45, 7) is 8.62. The van der Waals surface area contributed by atoms with Crippen molar-refractivity contribution in [2.75, 3.05) is 26.2 Å². The highest BCUT2D eigenvalue weighted by Gasteiger charge is 2.26. The molecule has 43 heavy (non-hydrogen) atoms. The molecular weight excluding hydrogens is 628 g/mol. The molecule has 1 unspecified atom stereocenters. The van der Waals surface area contributed by atoms with E-state index in [2.05, 4.69) is 88.4 Å². The van der Waals surface area contributed by atoms with E-state index in [9.17, 15) is 5.11 Å². The summed E-state index contributed by atoms with van der Waals surface area (Å²) in [5.41, 5.74) is 6.66. The maximum absolute atomic E-state index is 9.38. The van der Waals surface area contributed by atoms with E-state index in [1.54, 1.807) is 6.92 Å². The summed E-state index contributed by atoms with van der Waals surface area (Å²) in [5.74, 6) is -0.0379.